The van der Waals surface area contributed by atoms with Crippen molar-refractivity contribution >= 4 is 5.82 Å². The van der Waals surface area contributed by atoms with Gasteiger partial charge >= 0.3 is 0 Å². The van der Waals surface area contributed by atoms with Crippen LogP contribution in [0.5, 0.6) is 0 Å². The standard InChI is InChI=1S/C13H23N3/c1-5-14-9-12-7-8-13(15-10-12)16(6-2)11(3)4/h7-8,10-11,14H,5-6,9H2,1-4H3. The van der Waals surface area contributed by atoms with Crippen molar-refractivity contribution in [2.45, 2.75) is 40.3 Å². The number of pyridine rings is 1. The Morgan fingerprint density at radius 2 is 2.06 bits per heavy atom. The molecule has 0 atom stereocenters. The predicted molar refractivity (Wildman–Crippen MR) is 69.8 cm³/mol. The lowest BCUT2D eigenvalue weighted by atomic mass is 10.2. The molecular formula is C13H23N3. The maximum atomic E-state index is 4.51. The zero-order valence-corrected chi connectivity index (χ0v) is 10.8. The molecule has 0 unspecified atom stereocenters. The van der Waals surface area contributed by atoms with Gasteiger partial charge in [0.15, 0.2) is 0 Å². The van der Waals surface area contributed by atoms with E-state index in [0.29, 0.717) is 6.04 Å². The largest absolute Gasteiger partial charge is 0.354 e. The molecule has 0 amide bonds. The van der Waals surface area contributed by atoms with E-state index in [0.717, 1.165) is 25.5 Å². The van der Waals surface area contributed by atoms with E-state index in [1.165, 1.54) is 5.56 Å². The van der Waals surface area contributed by atoms with E-state index >= 15 is 0 Å². The normalized spacial score (nSPS) is 10.8. The number of hydrogen-bond acceptors (Lipinski definition) is 3. The van der Waals surface area contributed by atoms with E-state index in [1.807, 2.05) is 6.20 Å². The second-order valence-corrected chi connectivity index (χ2v) is 4.18. The van der Waals surface area contributed by atoms with E-state index in [4.69, 9.17) is 0 Å². The summed E-state index contributed by atoms with van der Waals surface area (Å²) in [5, 5.41) is 3.30. The van der Waals surface area contributed by atoms with Crippen molar-refractivity contribution in [3.63, 3.8) is 0 Å². The van der Waals surface area contributed by atoms with Gasteiger partial charge in [-0.2, -0.15) is 0 Å². The number of rotatable bonds is 6. The van der Waals surface area contributed by atoms with Crippen molar-refractivity contribution in [3.8, 4) is 0 Å². The molecule has 0 aliphatic carbocycles. The number of nitrogens with zero attached hydrogens (tertiary/aromatic N) is 2. The van der Waals surface area contributed by atoms with Crippen LogP contribution in [0, 0.1) is 0 Å². The zero-order valence-electron chi connectivity index (χ0n) is 10.8. The third kappa shape index (κ3) is 3.49. The summed E-state index contributed by atoms with van der Waals surface area (Å²) in [6.45, 7) is 11.5. The first kappa shape index (κ1) is 13.0. The Labute approximate surface area is 98.9 Å². The second kappa shape index (κ2) is 6.48. The number of anilines is 1. The van der Waals surface area contributed by atoms with Crippen LogP contribution < -0.4 is 10.2 Å². The number of nitrogens with one attached hydrogen (secondary N) is 1. The highest BCUT2D eigenvalue weighted by Crippen LogP contribution is 2.13. The summed E-state index contributed by atoms with van der Waals surface area (Å²) >= 11 is 0. The highest BCUT2D eigenvalue weighted by molar-refractivity contribution is 5.40. The van der Waals surface area contributed by atoms with Crippen LogP contribution >= 0.6 is 0 Å². The Morgan fingerprint density at radius 1 is 1.31 bits per heavy atom. The van der Waals surface area contributed by atoms with Gasteiger partial charge < -0.3 is 10.2 Å². The lowest BCUT2D eigenvalue weighted by Gasteiger charge is -2.26. The molecule has 0 radical (unpaired) electrons. The van der Waals surface area contributed by atoms with Crippen LogP contribution in [0.25, 0.3) is 0 Å². The van der Waals surface area contributed by atoms with Gasteiger partial charge in [0.2, 0.25) is 0 Å². The molecule has 16 heavy (non-hydrogen) atoms. The topological polar surface area (TPSA) is 28.2 Å². The molecule has 0 aliphatic heterocycles. The predicted octanol–water partition coefficient (Wildman–Crippen LogP) is 2.43. The fourth-order valence-corrected chi connectivity index (χ4v) is 1.75. The second-order valence-electron chi connectivity index (χ2n) is 4.18. The lowest BCUT2D eigenvalue weighted by Crippen LogP contribution is -2.31. The summed E-state index contributed by atoms with van der Waals surface area (Å²) in [6.07, 6.45) is 1.96. The van der Waals surface area contributed by atoms with E-state index in [-0.39, 0.29) is 0 Å². The van der Waals surface area contributed by atoms with Crippen molar-refractivity contribution in [1.29, 1.82) is 0 Å². The fourth-order valence-electron chi connectivity index (χ4n) is 1.75. The molecule has 0 saturated heterocycles. The third-order valence-electron chi connectivity index (χ3n) is 2.65. The lowest BCUT2D eigenvalue weighted by molar-refractivity contribution is 0.690. The quantitative estimate of drug-likeness (QED) is 0.799. The monoisotopic (exact) mass is 221 g/mol. The van der Waals surface area contributed by atoms with Crippen molar-refractivity contribution in [2.75, 3.05) is 18.0 Å². The summed E-state index contributed by atoms with van der Waals surface area (Å²) < 4.78 is 0. The molecule has 1 aromatic heterocycles. The Hall–Kier alpha value is -1.09. The molecular weight excluding hydrogens is 198 g/mol. The molecule has 1 N–H and O–H groups in total. The van der Waals surface area contributed by atoms with Gasteiger partial charge in [0.05, 0.1) is 0 Å². The van der Waals surface area contributed by atoms with Crippen molar-refractivity contribution in [2.24, 2.45) is 0 Å². The average Bonchev–Trinajstić information content (AvgIpc) is 2.28. The molecule has 0 bridgehead atoms. The molecule has 0 spiro atoms. The maximum absolute atomic E-state index is 4.51. The van der Waals surface area contributed by atoms with Gasteiger partial charge in [-0.15, -0.1) is 0 Å². The minimum Gasteiger partial charge on any atom is -0.354 e. The average molecular weight is 221 g/mol. The smallest absolute Gasteiger partial charge is 0.128 e. The molecule has 1 aromatic rings. The molecule has 3 nitrogen and oxygen atoms in total. The Balaban J connectivity index is 2.69. The van der Waals surface area contributed by atoms with Gasteiger partial charge in [-0.1, -0.05) is 13.0 Å². The van der Waals surface area contributed by atoms with E-state index < -0.39 is 0 Å². The minimum absolute atomic E-state index is 0.497. The summed E-state index contributed by atoms with van der Waals surface area (Å²) in [5.74, 6) is 1.07. The van der Waals surface area contributed by atoms with Gasteiger partial charge in [0.1, 0.15) is 5.82 Å². The number of aromatic nitrogens is 1. The molecule has 0 aliphatic rings. The van der Waals surface area contributed by atoms with Crippen molar-refractivity contribution < 1.29 is 0 Å². The van der Waals surface area contributed by atoms with Gasteiger partial charge in [-0.3, -0.25) is 0 Å². The molecule has 1 rings (SSSR count). The molecule has 0 saturated carbocycles. The summed E-state index contributed by atoms with van der Waals surface area (Å²) in [5.41, 5.74) is 1.24. The van der Waals surface area contributed by atoms with Crippen molar-refractivity contribution in [1.82, 2.24) is 10.3 Å². The Morgan fingerprint density at radius 3 is 2.50 bits per heavy atom. The van der Waals surface area contributed by atoms with Crippen LogP contribution in [0.4, 0.5) is 5.82 Å². The highest BCUT2D eigenvalue weighted by atomic mass is 15.2. The third-order valence-corrected chi connectivity index (χ3v) is 2.65. The van der Waals surface area contributed by atoms with Crippen LogP contribution in [0.1, 0.15) is 33.3 Å². The summed E-state index contributed by atoms with van der Waals surface area (Å²) in [4.78, 5) is 6.80. The minimum atomic E-state index is 0.497. The van der Waals surface area contributed by atoms with Crippen LogP contribution in [-0.2, 0) is 6.54 Å². The van der Waals surface area contributed by atoms with E-state index in [2.05, 4.69) is 55.0 Å². The van der Waals surface area contributed by atoms with Crippen LogP contribution in [0.2, 0.25) is 0 Å². The van der Waals surface area contributed by atoms with Crippen LogP contribution in [0.3, 0.4) is 0 Å². The van der Waals surface area contributed by atoms with Crippen LogP contribution in [-0.4, -0.2) is 24.1 Å². The maximum Gasteiger partial charge on any atom is 0.128 e. The van der Waals surface area contributed by atoms with Gasteiger partial charge in [-0.25, -0.2) is 4.98 Å². The van der Waals surface area contributed by atoms with Gasteiger partial charge in [0, 0.05) is 25.3 Å². The molecule has 90 valence electrons. The molecule has 3 heteroatoms. The summed E-state index contributed by atoms with van der Waals surface area (Å²) in [7, 11) is 0. The summed E-state index contributed by atoms with van der Waals surface area (Å²) in [6, 6.07) is 4.75. The van der Waals surface area contributed by atoms with Gasteiger partial charge in [0.25, 0.3) is 0 Å². The highest BCUT2D eigenvalue weighted by Gasteiger charge is 2.08. The first-order valence-electron chi connectivity index (χ1n) is 6.11. The van der Waals surface area contributed by atoms with Crippen molar-refractivity contribution in [3.05, 3.63) is 23.9 Å². The first-order chi connectivity index (χ1) is 7.69. The Kier molecular flexibility index (Phi) is 5.26. The number of hydrogen-bond donors (Lipinski definition) is 1. The van der Waals surface area contributed by atoms with Gasteiger partial charge in [-0.05, 0) is 38.9 Å². The molecule has 1 heterocycles. The molecule has 0 fully saturated rings. The van der Waals surface area contributed by atoms with E-state index in [9.17, 15) is 0 Å². The molecule has 0 aromatic carbocycles. The first-order valence-corrected chi connectivity index (χ1v) is 6.11. The zero-order chi connectivity index (χ0) is 12.0. The van der Waals surface area contributed by atoms with E-state index in [1.54, 1.807) is 0 Å². The Bertz CT molecular complexity index is 293. The SMILES string of the molecule is CCNCc1ccc(N(CC)C(C)C)nc1. The van der Waals surface area contributed by atoms with Crippen LogP contribution in [0.15, 0.2) is 18.3 Å². The fraction of sp³-hybridized carbons (Fsp3) is 0.615.